The van der Waals surface area contributed by atoms with E-state index in [4.69, 9.17) is 16.2 Å². The van der Waals surface area contributed by atoms with Gasteiger partial charge in [-0.05, 0) is 37.0 Å². The Labute approximate surface area is 91.4 Å². The molecule has 15 heavy (non-hydrogen) atoms. The molecule has 0 aliphatic heterocycles. The van der Waals surface area contributed by atoms with E-state index in [9.17, 15) is 0 Å². The van der Waals surface area contributed by atoms with Crippen LogP contribution in [0.1, 0.15) is 25.3 Å². The standard InChI is InChI=1S/C12H20N2O/c1-2-7-15-8-3-4-10-5-6-11(13)9-12(10)14/h5-6,9H,2-4,7-8,13-14H2,1H3. The molecule has 0 aliphatic rings. The minimum absolute atomic E-state index is 0.721. The van der Waals surface area contributed by atoms with Crippen LogP contribution in [0.3, 0.4) is 0 Å². The lowest BCUT2D eigenvalue weighted by atomic mass is 10.1. The molecule has 0 atom stereocenters. The molecule has 0 saturated heterocycles. The van der Waals surface area contributed by atoms with Crippen molar-refractivity contribution in [1.29, 1.82) is 0 Å². The minimum atomic E-state index is 0.721. The molecule has 0 spiro atoms. The van der Waals surface area contributed by atoms with E-state index >= 15 is 0 Å². The summed E-state index contributed by atoms with van der Waals surface area (Å²) < 4.78 is 5.40. The average molecular weight is 208 g/mol. The van der Waals surface area contributed by atoms with Crippen LogP contribution in [0, 0.1) is 0 Å². The SMILES string of the molecule is CCCOCCCc1ccc(N)cc1N. The molecule has 0 radical (unpaired) electrons. The molecule has 1 rings (SSSR count). The molecule has 4 N–H and O–H groups in total. The summed E-state index contributed by atoms with van der Waals surface area (Å²) in [5.74, 6) is 0. The Morgan fingerprint density at radius 3 is 2.67 bits per heavy atom. The fourth-order valence-electron chi connectivity index (χ4n) is 1.45. The highest BCUT2D eigenvalue weighted by Gasteiger charge is 1.99. The molecule has 84 valence electrons. The van der Waals surface area contributed by atoms with Gasteiger partial charge in [-0.25, -0.2) is 0 Å². The normalized spacial score (nSPS) is 10.5. The lowest BCUT2D eigenvalue weighted by Crippen LogP contribution is -2.00. The third-order valence-electron chi connectivity index (χ3n) is 2.25. The molecule has 3 nitrogen and oxygen atoms in total. The lowest BCUT2D eigenvalue weighted by molar-refractivity contribution is 0.132. The van der Waals surface area contributed by atoms with Crippen LogP contribution >= 0.6 is 0 Å². The van der Waals surface area contributed by atoms with Crippen LogP contribution in [0.15, 0.2) is 18.2 Å². The quantitative estimate of drug-likeness (QED) is 0.556. The second-order valence-electron chi connectivity index (χ2n) is 3.67. The summed E-state index contributed by atoms with van der Waals surface area (Å²) in [6.45, 7) is 3.76. The molecule has 0 heterocycles. The average Bonchev–Trinajstić information content (AvgIpc) is 2.20. The first-order valence-electron chi connectivity index (χ1n) is 5.45. The number of benzene rings is 1. The first kappa shape index (κ1) is 11.9. The Kier molecular flexibility index (Phi) is 4.98. The zero-order valence-electron chi connectivity index (χ0n) is 9.33. The van der Waals surface area contributed by atoms with Gasteiger partial charge in [0.05, 0.1) is 0 Å². The van der Waals surface area contributed by atoms with Crippen LogP contribution in [0.2, 0.25) is 0 Å². The Bertz CT molecular complexity index is 300. The van der Waals surface area contributed by atoms with Gasteiger partial charge >= 0.3 is 0 Å². The maximum Gasteiger partial charge on any atom is 0.0469 e. The molecule has 0 fully saturated rings. The number of nitrogens with two attached hydrogens (primary N) is 2. The van der Waals surface area contributed by atoms with Crippen molar-refractivity contribution in [3.05, 3.63) is 23.8 Å². The topological polar surface area (TPSA) is 61.3 Å². The van der Waals surface area contributed by atoms with Gasteiger partial charge in [0.1, 0.15) is 0 Å². The lowest BCUT2D eigenvalue weighted by Gasteiger charge is -2.06. The zero-order chi connectivity index (χ0) is 11.1. The van der Waals surface area contributed by atoms with E-state index in [1.165, 1.54) is 0 Å². The highest BCUT2D eigenvalue weighted by molar-refractivity contribution is 5.56. The molecule has 1 aromatic rings. The molecular formula is C12H20N2O. The monoisotopic (exact) mass is 208 g/mol. The van der Waals surface area contributed by atoms with Gasteiger partial charge in [-0.15, -0.1) is 0 Å². The molecule has 0 amide bonds. The Morgan fingerprint density at radius 1 is 1.20 bits per heavy atom. The van der Waals surface area contributed by atoms with Crippen molar-refractivity contribution in [3.63, 3.8) is 0 Å². The third kappa shape index (κ3) is 4.21. The van der Waals surface area contributed by atoms with E-state index in [0.29, 0.717) is 0 Å². The van der Waals surface area contributed by atoms with Gasteiger partial charge in [0.25, 0.3) is 0 Å². The number of rotatable bonds is 6. The van der Waals surface area contributed by atoms with Gasteiger partial charge in [-0.2, -0.15) is 0 Å². The summed E-state index contributed by atoms with van der Waals surface area (Å²) >= 11 is 0. The maximum atomic E-state index is 5.84. The summed E-state index contributed by atoms with van der Waals surface area (Å²) in [6.07, 6.45) is 3.04. The van der Waals surface area contributed by atoms with E-state index in [2.05, 4.69) is 6.92 Å². The molecule has 0 aromatic heterocycles. The van der Waals surface area contributed by atoms with Crippen molar-refractivity contribution in [2.75, 3.05) is 24.7 Å². The minimum Gasteiger partial charge on any atom is -0.399 e. The first-order valence-corrected chi connectivity index (χ1v) is 5.45. The van der Waals surface area contributed by atoms with Gasteiger partial charge in [0.15, 0.2) is 0 Å². The van der Waals surface area contributed by atoms with Crippen molar-refractivity contribution in [2.45, 2.75) is 26.2 Å². The van der Waals surface area contributed by atoms with Crippen LogP contribution in [-0.2, 0) is 11.2 Å². The summed E-state index contributed by atoms with van der Waals surface area (Å²) in [7, 11) is 0. The van der Waals surface area contributed by atoms with Gasteiger partial charge in [0.2, 0.25) is 0 Å². The van der Waals surface area contributed by atoms with Crippen molar-refractivity contribution < 1.29 is 4.74 Å². The number of hydrogen-bond donors (Lipinski definition) is 2. The largest absolute Gasteiger partial charge is 0.399 e. The Morgan fingerprint density at radius 2 is 2.00 bits per heavy atom. The van der Waals surface area contributed by atoms with Crippen molar-refractivity contribution in [2.24, 2.45) is 0 Å². The van der Waals surface area contributed by atoms with E-state index < -0.39 is 0 Å². The fourth-order valence-corrected chi connectivity index (χ4v) is 1.45. The summed E-state index contributed by atoms with van der Waals surface area (Å²) in [6, 6.07) is 5.69. The van der Waals surface area contributed by atoms with Gasteiger partial charge in [-0.1, -0.05) is 13.0 Å². The summed E-state index contributed by atoms with van der Waals surface area (Å²) in [4.78, 5) is 0. The highest BCUT2D eigenvalue weighted by atomic mass is 16.5. The molecule has 0 unspecified atom stereocenters. The third-order valence-corrected chi connectivity index (χ3v) is 2.25. The maximum absolute atomic E-state index is 5.84. The predicted molar refractivity (Wildman–Crippen MR) is 64.7 cm³/mol. The van der Waals surface area contributed by atoms with Crippen LogP contribution in [0.4, 0.5) is 11.4 Å². The second kappa shape index (κ2) is 6.30. The van der Waals surface area contributed by atoms with Gasteiger partial charge < -0.3 is 16.2 Å². The summed E-state index contributed by atoms with van der Waals surface area (Å²) in [5, 5.41) is 0. The van der Waals surface area contributed by atoms with E-state index in [1.54, 1.807) is 0 Å². The number of anilines is 2. The molecular weight excluding hydrogens is 188 g/mol. The Hall–Kier alpha value is -1.22. The second-order valence-corrected chi connectivity index (χ2v) is 3.67. The van der Waals surface area contributed by atoms with Gasteiger partial charge in [-0.3, -0.25) is 0 Å². The molecule has 0 saturated carbocycles. The van der Waals surface area contributed by atoms with Crippen LogP contribution in [0.25, 0.3) is 0 Å². The van der Waals surface area contributed by atoms with Crippen LogP contribution in [0.5, 0.6) is 0 Å². The number of nitrogen functional groups attached to an aromatic ring is 2. The molecule has 3 heteroatoms. The first-order chi connectivity index (χ1) is 7.24. The van der Waals surface area contributed by atoms with Crippen LogP contribution < -0.4 is 11.5 Å². The van der Waals surface area contributed by atoms with E-state index in [-0.39, 0.29) is 0 Å². The highest BCUT2D eigenvalue weighted by Crippen LogP contribution is 2.17. The van der Waals surface area contributed by atoms with Crippen LogP contribution in [-0.4, -0.2) is 13.2 Å². The number of hydrogen-bond acceptors (Lipinski definition) is 3. The fraction of sp³-hybridized carbons (Fsp3) is 0.500. The van der Waals surface area contributed by atoms with Crippen molar-refractivity contribution in [3.8, 4) is 0 Å². The Balaban J connectivity index is 2.31. The van der Waals surface area contributed by atoms with Crippen molar-refractivity contribution >= 4 is 11.4 Å². The molecule has 0 aliphatic carbocycles. The summed E-state index contributed by atoms with van der Waals surface area (Å²) in [5.41, 5.74) is 14.1. The number of aryl methyl sites for hydroxylation is 1. The predicted octanol–water partition coefficient (Wildman–Crippen LogP) is 2.21. The van der Waals surface area contributed by atoms with E-state index in [0.717, 1.165) is 49.4 Å². The zero-order valence-corrected chi connectivity index (χ0v) is 9.33. The molecule has 0 bridgehead atoms. The van der Waals surface area contributed by atoms with Gasteiger partial charge in [0, 0.05) is 24.6 Å². The van der Waals surface area contributed by atoms with Crippen molar-refractivity contribution in [1.82, 2.24) is 0 Å². The smallest absolute Gasteiger partial charge is 0.0469 e. The number of ether oxygens (including phenoxy) is 1. The van der Waals surface area contributed by atoms with E-state index in [1.807, 2.05) is 18.2 Å². The molecule has 1 aromatic carbocycles.